The number of oxazole rings is 1. The second-order valence-electron chi connectivity index (χ2n) is 3.48. The number of nitrogens with two attached hydrogens (primary N) is 1. The lowest BCUT2D eigenvalue weighted by molar-refractivity contribution is 0.102. The minimum Gasteiger partial charge on any atom is -0.432 e. The monoisotopic (exact) mass is 251 g/mol. The van der Waals surface area contributed by atoms with Gasteiger partial charge < -0.3 is 10.2 Å². The van der Waals surface area contributed by atoms with E-state index in [1.165, 1.54) is 12.3 Å². The van der Waals surface area contributed by atoms with Crippen LogP contribution in [0.25, 0.3) is 0 Å². The van der Waals surface area contributed by atoms with Crippen molar-refractivity contribution in [1.29, 1.82) is 0 Å². The number of hydrogen-bond acceptors (Lipinski definition) is 4. The number of carbonyl (C=O) groups is 1. The number of benzene rings is 1. The second-order valence-corrected chi connectivity index (χ2v) is 3.92. The molecule has 6 heteroatoms. The van der Waals surface area contributed by atoms with Crippen LogP contribution in [0.3, 0.4) is 0 Å². The van der Waals surface area contributed by atoms with Crippen molar-refractivity contribution in [2.45, 2.75) is 6.92 Å². The number of halogens is 1. The first-order chi connectivity index (χ1) is 8.06. The number of nitrogens with one attached hydrogen (secondary N) is 1. The van der Waals surface area contributed by atoms with Crippen LogP contribution >= 0.6 is 11.6 Å². The minimum absolute atomic E-state index is 0.131. The molecule has 0 atom stereocenters. The number of nitrogens with zero attached hydrogens (tertiary/aromatic N) is 1. The van der Waals surface area contributed by atoms with Gasteiger partial charge in [0, 0.05) is 10.7 Å². The fourth-order valence-electron chi connectivity index (χ4n) is 1.30. The van der Waals surface area contributed by atoms with Gasteiger partial charge in [0.25, 0.3) is 5.91 Å². The Labute approximate surface area is 103 Å². The lowest BCUT2D eigenvalue weighted by atomic mass is 10.1. The van der Waals surface area contributed by atoms with Crippen molar-refractivity contribution in [3.63, 3.8) is 0 Å². The summed E-state index contributed by atoms with van der Waals surface area (Å²) in [6.45, 7) is 1.76. The van der Waals surface area contributed by atoms with E-state index in [1.54, 1.807) is 19.1 Å². The smallest absolute Gasteiger partial charge is 0.301 e. The maximum atomic E-state index is 11.8. The van der Waals surface area contributed by atoms with Crippen molar-refractivity contribution in [2.75, 3.05) is 11.1 Å². The molecule has 2 rings (SSSR count). The Kier molecular flexibility index (Phi) is 3.01. The van der Waals surface area contributed by atoms with Crippen molar-refractivity contribution in [3.05, 3.63) is 40.7 Å². The Morgan fingerprint density at radius 1 is 1.53 bits per heavy atom. The van der Waals surface area contributed by atoms with E-state index >= 15 is 0 Å². The number of aryl methyl sites for hydroxylation is 1. The molecule has 0 aliphatic carbocycles. The Hall–Kier alpha value is -2.01. The predicted octanol–water partition coefficient (Wildman–Crippen LogP) is 2.47. The Balaban J connectivity index is 2.22. The molecule has 1 heterocycles. The Morgan fingerprint density at radius 2 is 2.29 bits per heavy atom. The first-order valence-electron chi connectivity index (χ1n) is 4.85. The van der Waals surface area contributed by atoms with E-state index in [2.05, 4.69) is 10.3 Å². The molecule has 0 bridgehead atoms. The average Bonchev–Trinajstić information content (AvgIpc) is 2.67. The Morgan fingerprint density at radius 3 is 2.94 bits per heavy atom. The molecular weight excluding hydrogens is 242 g/mol. The highest BCUT2D eigenvalue weighted by Gasteiger charge is 2.12. The highest BCUT2D eigenvalue weighted by Crippen LogP contribution is 2.19. The Bertz CT molecular complexity index is 566. The van der Waals surface area contributed by atoms with E-state index in [4.69, 9.17) is 21.8 Å². The zero-order chi connectivity index (χ0) is 12.4. The van der Waals surface area contributed by atoms with Gasteiger partial charge in [-0.3, -0.25) is 10.1 Å². The molecule has 0 fully saturated rings. The third-order valence-electron chi connectivity index (χ3n) is 2.10. The molecule has 1 aromatic heterocycles. The summed E-state index contributed by atoms with van der Waals surface area (Å²) in [5.74, 6) is -0.410. The van der Waals surface area contributed by atoms with Crippen LogP contribution in [0.15, 0.2) is 28.9 Å². The minimum atomic E-state index is -0.410. The van der Waals surface area contributed by atoms with Crippen molar-refractivity contribution in [1.82, 2.24) is 4.98 Å². The molecule has 88 valence electrons. The molecule has 0 aliphatic rings. The quantitative estimate of drug-likeness (QED) is 0.804. The fourth-order valence-corrected chi connectivity index (χ4v) is 1.47. The highest BCUT2D eigenvalue weighted by molar-refractivity contribution is 6.31. The summed E-state index contributed by atoms with van der Waals surface area (Å²) < 4.78 is 5.01. The standard InChI is InChI=1S/C11H10ClN3O2/c1-6-5-17-11(14-6)15-10(16)8-4-7(12)2-3-9(8)13/h2-5H,13H2,1H3,(H,14,15,16). The predicted molar refractivity (Wildman–Crippen MR) is 65.1 cm³/mol. The molecule has 0 aliphatic heterocycles. The summed E-state index contributed by atoms with van der Waals surface area (Å²) in [5.41, 5.74) is 6.99. The summed E-state index contributed by atoms with van der Waals surface area (Å²) >= 11 is 5.79. The van der Waals surface area contributed by atoms with Crippen LogP contribution < -0.4 is 11.1 Å². The molecule has 0 spiro atoms. The number of carbonyl (C=O) groups excluding carboxylic acids is 1. The van der Waals surface area contributed by atoms with Gasteiger partial charge in [-0.25, -0.2) is 0 Å². The molecule has 17 heavy (non-hydrogen) atoms. The van der Waals surface area contributed by atoms with Crippen molar-refractivity contribution < 1.29 is 9.21 Å². The molecule has 0 saturated heterocycles. The summed E-state index contributed by atoms with van der Waals surface area (Å²) in [7, 11) is 0. The third kappa shape index (κ3) is 2.57. The first-order valence-corrected chi connectivity index (χ1v) is 5.22. The number of amides is 1. The fraction of sp³-hybridized carbons (Fsp3) is 0.0909. The molecule has 2 aromatic rings. The number of aromatic nitrogens is 1. The van der Waals surface area contributed by atoms with Gasteiger partial charge in [-0.2, -0.15) is 4.98 Å². The number of nitrogen functional groups attached to an aromatic ring is 1. The zero-order valence-corrected chi connectivity index (χ0v) is 9.78. The van der Waals surface area contributed by atoms with Gasteiger partial charge >= 0.3 is 6.01 Å². The summed E-state index contributed by atoms with van der Waals surface area (Å²) in [5, 5.41) is 2.93. The maximum absolute atomic E-state index is 11.8. The molecule has 5 nitrogen and oxygen atoms in total. The van der Waals surface area contributed by atoms with Crippen LogP contribution in [-0.4, -0.2) is 10.9 Å². The third-order valence-corrected chi connectivity index (χ3v) is 2.33. The van der Waals surface area contributed by atoms with Crippen LogP contribution in [0.5, 0.6) is 0 Å². The summed E-state index contributed by atoms with van der Waals surface area (Å²) in [6.07, 6.45) is 1.44. The van der Waals surface area contributed by atoms with E-state index < -0.39 is 5.91 Å². The van der Waals surface area contributed by atoms with E-state index in [-0.39, 0.29) is 11.6 Å². The molecule has 1 amide bonds. The molecule has 0 unspecified atom stereocenters. The SMILES string of the molecule is Cc1coc(NC(=O)c2cc(Cl)ccc2N)n1. The van der Waals surface area contributed by atoms with Crippen LogP contribution in [0.2, 0.25) is 5.02 Å². The maximum Gasteiger partial charge on any atom is 0.301 e. The molecular formula is C11H10ClN3O2. The first kappa shape index (κ1) is 11.5. The van der Waals surface area contributed by atoms with Gasteiger partial charge in [-0.15, -0.1) is 0 Å². The lowest BCUT2D eigenvalue weighted by Gasteiger charge is -2.04. The van der Waals surface area contributed by atoms with E-state index in [1.807, 2.05) is 0 Å². The normalized spacial score (nSPS) is 10.2. The topological polar surface area (TPSA) is 81.2 Å². The van der Waals surface area contributed by atoms with Gasteiger partial charge in [-0.05, 0) is 25.1 Å². The van der Waals surface area contributed by atoms with Crippen molar-refractivity contribution in [2.24, 2.45) is 0 Å². The highest BCUT2D eigenvalue weighted by atomic mass is 35.5. The second kappa shape index (κ2) is 4.47. The molecule has 0 saturated carbocycles. The molecule has 1 aromatic carbocycles. The number of rotatable bonds is 2. The number of anilines is 2. The van der Waals surface area contributed by atoms with E-state index in [9.17, 15) is 4.79 Å². The van der Waals surface area contributed by atoms with Crippen LogP contribution in [0, 0.1) is 6.92 Å². The van der Waals surface area contributed by atoms with Crippen LogP contribution in [-0.2, 0) is 0 Å². The van der Waals surface area contributed by atoms with Crippen molar-refractivity contribution in [3.8, 4) is 0 Å². The molecule has 3 N–H and O–H groups in total. The van der Waals surface area contributed by atoms with Crippen molar-refractivity contribution >= 4 is 29.2 Å². The van der Waals surface area contributed by atoms with Gasteiger partial charge in [-0.1, -0.05) is 11.6 Å². The van der Waals surface area contributed by atoms with Gasteiger partial charge in [0.2, 0.25) is 0 Å². The molecule has 0 radical (unpaired) electrons. The zero-order valence-electron chi connectivity index (χ0n) is 9.03. The van der Waals surface area contributed by atoms with Crippen LogP contribution in [0.4, 0.5) is 11.7 Å². The van der Waals surface area contributed by atoms with E-state index in [0.29, 0.717) is 16.4 Å². The average molecular weight is 252 g/mol. The van der Waals surface area contributed by atoms with Gasteiger partial charge in [0.1, 0.15) is 6.26 Å². The lowest BCUT2D eigenvalue weighted by Crippen LogP contribution is -2.14. The van der Waals surface area contributed by atoms with Gasteiger partial charge in [0.15, 0.2) is 0 Å². The van der Waals surface area contributed by atoms with E-state index in [0.717, 1.165) is 0 Å². The largest absolute Gasteiger partial charge is 0.432 e. The van der Waals surface area contributed by atoms with Crippen LogP contribution in [0.1, 0.15) is 16.1 Å². The summed E-state index contributed by atoms with van der Waals surface area (Å²) in [6, 6.07) is 4.80. The summed E-state index contributed by atoms with van der Waals surface area (Å²) in [4.78, 5) is 15.8. The number of hydrogen-bond donors (Lipinski definition) is 2. The van der Waals surface area contributed by atoms with Gasteiger partial charge in [0.05, 0.1) is 11.3 Å².